The summed E-state index contributed by atoms with van der Waals surface area (Å²) in [6, 6.07) is 0. The van der Waals surface area contributed by atoms with Crippen LogP contribution < -0.4 is 0 Å². The van der Waals surface area contributed by atoms with Gasteiger partial charge in [0.05, 0.1) is 6.61 Å². The van der Waals surface area contributed by atoms with Crippen LogP contribution in [-0.2, 0) is 9.53 Å². The van der Waals surface area contributed by atoms with Gasteiger partial charge in [0, 0.05) is 0 Å². The molecule has 1 unspecified atom stereocenters. The van der Waals surface area contributed by atoms with E-state index < -0.39 is 17.6 Å². The van der Waals surface area contributed by atoms with Crippen LogP contribution in [0, 0.1) is 0 Å². The highest BCUT2D eigenvalue weighted by Crippen LogP contribution is 2.42. The van der Waals surface area contributed by atoms with E-state index in [4.69, 9.17) is 0 Å². The average molecular weight is 310 g/mol. The minimum atomic E-state index is -4.07. The number of rotatable bonds is 12. The van der Waals surface area contributed by atoms with Crippen LogP contribution in [0.1, 0.15) is 78.6 Å². The highest BCUT2D eigenvalue weighted by atomic mass is 19.3. The Morgan fingerprint density at radius 1 is 0.857 bits per heavy atom. The molecule has 0 saturated heterocycles. The molecular weight excluding hydrogens is 281 g/mol. The molecule has 0 rings (SSSR count). The zero-order chi connectivity index (χ0) is 16.4. The summed E-state index contributed by atoms with van der Waals surface area (Å²) < 4.78 is 47.5. The van der Waals surface area contributed by atoms with Crippen LogP contribution in [0.2, 0.25) is 0 Å². The molecule has 21 heavy (non-hydrogen) atoms. The van der Waals surface area contributed by atoms with Crippen LogP contribution in [0.25, 0.3) is 0 Å². The van der Waals surface area contributed by atoms with Crippen molar-refractivity contribution in [3.8, 4) is 0 Å². The molecule has 0 heterocycles. The van der Waals surface area contributed by atoms with E-state index in [1.807, 2.05) is 13.8 Å². The van der Waals surface area contributed by atoms with Crippen molar-refractivity contribution >= 4 is 5.97 Å². The maximum Gasteiger partial charge on any atom is 0.380 e. The number of alkyl halides is 3. The molecule has 0 N–H and O–H groups in total. The second-order valence-corrected chi connectivity index (χ2v) is 5.53. The first kappa shape index (κ1) is 20.3. The van der Waals surface area contributed by atoms with Crippen molar-refractivity contribution in [1.29, 1.82) is 0 Å². The molecule has 0 aromatic rings. The summed E-state index contributed by atoms with van der Waals surface area (Å²) in [6.07, 6.45) is 4.17. The Hall–Kier alpha value is -0.740. The third kappa shape index (κ3) is 6.27. The van der Waals surface area contributed by atoms with E-state index in [0.29, 0.717) is 25.7 Å². The van der Waals surface area contributed by atoms with Crippen molar-refractivity contribution < 1.29 is 22.7 Å². The summed E-state index contributed by atoms with van der Waals surface area (Å²) in [6.45, 7) is 5.18. The van der Waals surface area contributed by atoms with Crippen LogP contribution in [0.3, 0.4) is 0 Å². The van der Waals surface area contributed by atoms with E-state index in [2.05, 4.69) is 4.74 Å². The highest BCUT2D eigenvalue weighted by Gasteiger charge is 2.60. The minimum Gasteiger partial charge on any atom is -0.461 e. The molecular formula is C16H29F3O2. The van der Waals surface area contributed by atoms with Crippen molar-refractivity contribution in [1.82, 2.24) is 0 Å². The molecule has 0 aliphatic heterocycles. The highest BCUT2D eigenvalue weighted by molar-refractivity contribution is 5.79. The van der Waals surface area contributed by atoms with E-state index in [1.165, 1.54) is 6.92 Å². The summed E-state index contributed by atoms with van der Waals surface area (Å²) >= 11 is 0. The standard InChI is InChI=1S/C16H29F3O2/c1-4-7-9-11-13-15(17,12-10-8-5-2)16(18,19)14(20)21-6-3/h4-13H2,1-3H3. The molecule has 5 heteroatoms. The molecule has 0 bridgehead atoms. The van der Waals surface area contributed by atoms with Crippen LogP contribution >= 0.6 is 0 Å². The minimum absolute atomic E-state index is 0.171. The molecule has 0 radical (unpaired) electrons. The number of unbranched alkanes of at least 4 members (excludes halogenated alkanes) is 5. The largest absolute Gasteiger partial charge is 0.461 e. The lowest BCUT2D eigenvalue weighted by atomic mass is 9.86. The Kier molecular flexibility index (Phi) is 9.71. The van der Waals surface area contributed by atoms with Gasteiger partial charge >= 0.3 is 11.9 Å². The van der Waals surface area contributed by atoms with Crippen molar-refractivity contribution in [2.24, 2.45) is 0 Å². The smallest absolute Gasteiger partial charge is 0.380 e. The molecule has 0 amide bonds. The fraction of sp³-hybridized carbons (Fsp3) is 0.938. The average Bonchev–Trinajstić information content (AvgIpc) is 2.44. The molecule has 0 aliphatic rings. The van der Waals surface area contributed by atoms with E-state index in [-0.39, 0.29) is 19.4 Å². The molecule has 1 atom stereocenters. The van der Waals surface area contributed by atoms with Gasteiger partial charge in [-0.05, 0) is 19.8 Å². The number of ether oxygens (including phenoxy) is 1. The summed E-state index contributed by atoms with van der Waals surface area (Å²) in [5.41, 5.74) is -2.79. The fourth-order valence-corrected chi connectivity index (χ4v) is 2.33. The normalized spacial score (nSPS) is 14.8. The van der Waals surface area contributed by atoms with Gasteiger partial charge in [0.2, 0.25) is 0 Å². The van der Waals surface area contributed by atoms with Gasteiger partial charge < -0.3 is 4.74 Å². The Bertz CT molecular complexity index is 295. The molecule has 0 aromatic carbocycles. The summed E-state index contributed by atoms with van der Waals surface area (Å²) in [5.74, 6) is -5.80. The lowest BCUT2D eigenvalue weighted by Gasteiger charge is -2.32. The number of halogens is 3. The monoisotopic (exact) mass is 310 g/mol. The maximum absolute atomic E-state index is 14.8. The van der Waals surface area contributed by atoms with Gasteiger partial charge in [-0.3, -0.25) is 0 Å². The molecule has 0 spiro atoms. The Balaban J connectivity index is 4.85. The summed E-state index contributed by atoms with van der Waals surface area (Å²) in [4.78, 5) is 11.4. The van der Waals surface area contributed by atoms with E-state index in [9.17, 15) is 18.0 Å². The third-order valence-electron chi connectivity index (χ3n) is 3.70. The van der Waals surface area contributed by atoms with Crippen molar-refractivity contribution in [2.75, 3.05) is 6.61 Å². The third-order valence-corrected chi connectivity index (χ3v) is 3.70. The van der Waals surface area contributed by atoms with Gasteiger partial charge in [0.1, 0.15) is 0 Å². The van der Waals surface area contributed by atoms with Crippen LogP contribution in [0.4, 0.5) is 13.2 Å². The molecule has 0 fully saturated rings. The van der Waals surface area contributed by atoms with Gasteiger partial charge in [-0.15, -0.1) is 0 Å². The Labute approximate surface area is 126 Å². The topological polar surface area (TPSA) is 26.3 Å². The summed E-state index contributed by atoms with van der Waals surface area (Å²) in [5, 5.41) is 0. The molecule has 2 nitrogen and oxygen atoms in total. The van der Waals surface area contributed by atoms with Gasteiger partial charge in [-0.1, -0.05) is 58.8 Å². The van der Waals surface area contributed by atoms with E-state index >= 15 is 0 Å². The fourth-order valence-electron chi connectivity index (χ4n) is 2.33. The summed E-state index contributed by atoms with van der Waals surface area (Å²) in [7, 11) is 0. The quantitative estimate of drug-likeness (QED) is 0.354. The zero-order valence-corrected chi connectivity index (χ0v) is 13.5. The van der Waals surface area contributed by atoms with E-state index in [1.54, 1.807) is 0 Å². The van der Waals surface area contributed by atoms with Gasteiger partial charge in [-0.25, -0.2) is 9.18 Å². The number of hydrogen-bond acceptors (Lipinski definition) is 2. The molecule has 126 valence electrons. The van der Waals surface area contributed by atoms with Crippen LogP contribution in [-0.4, -0.2) is 24.2 Å². The Morgan fingerprint density at radius 2 is 1.33 bits per heavy atom. The van der Waals surface area contributed by atoms with Crippen molar-refractivity contribution in [2.45, 2.75) is 90.1 Å². The number of carbonyl (C=O) groups is 1. The lowest BCUT2D eigenvalue weighted by molar-refractivity contribution is -0.200. The predicted octanol–water partition coefficient (Wildman–Crippen LogP) is 5.44. The van der Waals surface area contributed by atoms with E-state index in [0.717, 1.165) is 19.3 Å². The lowest BCUT2D eigenvalue weighted by Crippen LogP contribution is -2.51. The van der Waals surface area contributed by atoms with Crippen molar-refractivity contribution in [3.63, 3.8) is 0 Å². The first-order valence-corrected chi connectivity index (χ1v) is 8.09. The molecule has 0 aliphatic carbocycles. The Morgan fingerprint density at radius 3 is 1.81 bits per heavy atom. The second kappa shape index (κ2) is 10.1. The van der Waals surface area contributed by atoms with Crippen molar-refractivity contribution in [3.05, 3.63) is 0 Å². The second-order valence-electron chi connectivity index (χ2n) is 5.53. The predicted molar refractivity (Wildman–Crippen MR) is 78.3 cm³/mol. The zero-order valence-electron chi connectivity index (χ0n) is 13.5. The van der Waals surface area contributed by atoms with Gasteiger partial charge in [0.15, 0.2) is 5.67 Å². The number of esters is 1. The van der Waals surface area contributed by atoms with Gasteiger partial charge in [0.25, 0.3) is 0 Å². The SMILES string of the molecule is CCCCCCC(F)(CCCCC)C(F)(F)C(=O)OCC. The first-order valence-electron chi connectivity index (χ1n) is 8.09. The first-order chi connectivity index (χ1) is 9.85. The number of hydrogen-bond donors (Lipinski definition) is 0. The molecule has 0 saturated carbocycles. The van der Waals surface area contributed by atoms with Crippen LogP contribution in [0.15, 0.2) is 0 Å². The number of carbonyl (C=O) groups excluding carboxylic acids is 1. The molecule has 0 aromatic heterocycles. The van der Waals surface area contributed by atoms with Crippen LogP contribution in [0.5, 0.6) is 0 Å². The maximum atomic E-state index is 14.8. The van der Waals surface area contributed by atoms with Gasteiger partial charge in [-0.2, -0.15) is 8.78 Å².